The smallest absolute Gasteiger partial charge is 0.425 e. The van der Waals surface area contributed by atoms with Crippen LogP contribution in [-0.2, 0) is 5.60 Å². The van der Waals surface area contributed by atoms with E-state index in [2.05, 4.69) is 11.6 Å². The summed E-state index contributed by atoms with van der Waals surface area (Å²) in [7, 11) is 3.07. The third kappa shape index (κ3) is 3.72. The van der Waals surface area contributed by atoms with E-state index in [0.717, 1.165) is 13.5 Å². The summed E-state index contributed by atoms with van der Waals surface area (Å²) in [6.07, 6.45) is -3.35. The van der Waals surface area contributed by atoms with Crippen molar-refractivity contribution in [1.82, 2.24) is 4.90 Å². The number of aliphatic imine (C=N–C) groups is 1. The molecule has 7 heteroatoms. The molecule has 1 atom stereocenters. The minimum absolute atomic E-state index is 0.102. The first-order valence-corrected chi connectivity index (χ1v) is 7.37. The molecule has 1 rings (SSSR count). The van der Waals surface area contributed by atoms with Crippen LogP contribution in [0.15, 0.2) is 29.3 Å². The van der Waals surface area contributed by atoms with Crippen molar-refractivity contribution in [3.05, 3.63) is 35.4 Å². The molecule has 0 fully saturated rings. The number of halogens is 3. The molecule has 0 amide bonds. The van der Waals surface area contributed by atoms with E-state index in [-0.39, 0.29) is 5.75 Å². The van der Waals surface area contributed by atoms with Crippen molar-refractivity contribution in [2.75, 3.05) is 20.7 Å². The summed E-state index contributed by atoms with van der Waals surface area (Å²) in [4.78, 5) is 6.07. The van der Waals surface area contributed by atoms with E-state index in [0.29, 0.717) is 11.3 Å². The number of hydrogen-bond donors (Lipinski definition) is 1. The van der Waals surface area contributed by atoms with Gasteiger partial charge in [0.1, 0.15) is 5.75 Å². The second-order valence-electron chi connectivity index (χ2n) is 5.65. The van der Waals surface area contributed by atoms with Gasteiger partial charge in [-0.25, -0.2) is 4.99 Å². The summed E-state index contributed by atoms with van der Waals surface area (Å²) in [6, 6.07) is 2.62. The summed E-state index contributed by atoms with van der Waals surface area (Å²) in [6.45, 7) is 8.74. The van der Waals surface area contributed by atoms with Crippen molar-refractivity contribution >= 4 is 12.0 Å². The molecule has 0 saturated carbocycles. The molecule has 0 radical (unpaired) electrons. The first-order valence-electron chi connectivity index (χ1n) is 7.37. The number of aryl methyl sites for hydroxylation is 1. The third-order valence-electron chi connectivity index (χ3n) is 3.83. The average Bonchev–Trinajstić information content (AvgIpc) is 2.50. The number of methoxy groups -OCH3 is 1. The molecule has 24 heavy (non-hydrogen) atoms. The van der Waals surface area contributed by atoms with Crippen LogP contribution in [0.4, 0.5) is 18.9 Å². The SMILES string of the molecule is C=C(C)C(O)(c1cc(C)c(/N=C/N(C)CC)cc1OC)C(F)(F)F. The number of rotatable bonds is 6. The maximum atomic E-state index is 13.5. The molecule has 1 N–H and O–H groups in total. The molecule has 0 heterocycles. The largest absolute Gasteiger partial charge is 0.496 e. The fourth-order valence-corrected chi connectivity index (χ4v) is 2.14. The molecule has 0 spiro atoms. The van der Waals surface area contributed by atoms with Gasteiger partial charge >= 0.3 is 6.18 Å². The van der Waals surface area contributed by atoms with E-state index in [1.54, 1.807) is 13.3 Å². The fourth-order valence-electron chi connectivity index (χ4n) is 2.14. The van der Waals surface area contributed by atoms with E-state index in [9.17, 15) is 18.3 Å². The Balaban J connectivity index is 3.54. The molecule has 134 valence electrons. The summed E-state index contributed by atoms with van der Waals surface area (Å²) in [5.74, 6) is -0.102. The zero-order valence-corrected chi connectivity index (χ0v) is 14.5. The molecule has 0 bridgehead atoms. The maximum absolute atomic E-state index is 13.5. The van der Waals surface area contributed by atoms with Crippen molar-refractivity contribution in [3.63, 3.8) is 0 Å². The van der Waals surface area contributed by atoms with Crippen molar-refractivity contribution in [2.45, 2.75) is 32.5 Å². The lowest BCUT2D eigenvalue weighted by Crippen LogP contribution is -2.43. The van der Waals surface area contributed by atoms with Crippen LogP contribution in [0.3, 0.4) is 0 Å². The number of hydrogen-bond acceptors (Lipinski definition) is 3. The maximum Gasteiger partial charge on any atom is 0.425 e. The Morgan fingerprint density at radius 2 is 2.00 bits per heavy atom. The highest BCUT2D eigenvalue weighted by Gasteiger charge is 2.57. The van der Waals surface area contributed by atoms with Gasteiger partial charge in [0.2, 0.25) is 5.60 Å². The van der Waals surface area contributed by atoms with Gasteiger partial charge in [-0.1, -0.05) is 6.58 Å². The zero-order chi connectivity index (χ0) is 18.7. The Kier molecular flexibility index (Phi) is 6.05. The Morgan fingerprint density at radius 3 is 2.42 bits per heavy atom. The monoisotopic (exact) mass is 344 g/mol. The first-order chi connectivity index (χ1) is 11.0. The fraction of sp³-hybridized carbons (Fsp3) is 0.471. The van der Waals surface area contributed by atoms with Crippen LogP contribution in [0.5, 0.6) is 5.75 Å². The topological polar surface area (TPSA) is 45.1 Å². The molecule has 0 saturated heterocycles. The van der Waals surface area contributed by atoms with Gasteiger partial charge in [-0.05, 0) is 38.0 Å². The molecule has 4 nitrogen and oxygen atoms in total. The molecule has 0 aliphatic rings. The Morgan fingerprint density at radius 1 is 1.42 bits per heavy atom. The summed E-state index contributed by atoms with van der Waals surface area (Å²) in [5.41, 5.74) is -3.08. The lowest BCUT2D eigenvalue weighted by Gasteiger charge is -2.33. The highest BCUT2D eigenvalue weighted by molar-refractivity contribution is 5.65. The van der Waals surface area contributed by atoms with Gasteiger partial charge in [-0.15, -0.1) is 0 Å². The Labute approximate surface area is 140 Å². The van der Waals surface area contributed by atoms with E-state index in [1.807, 2.05) is 18.9 Å². The highest BCUT2D eigenvalue weighted by Crippen LogP contribution is 2.48. The molecule has 0 aromatic heterocycles. The molecule has 0 aliphatic carbocycles. The van der Waals surface area contributed by atoms with Gasteiger partial charge in [0, 0.05) is 25.2 Å². The van der Waals surface area contributed by atoms with Gasteiger partial charge in [-0.2, -0.15) is 13.2 Å². The van der Waals surface area contributed by atoms with Crippen LogP contribution in [0.25, 0.3) is 0 Å². The number of aliphatic hydroxyl groups is 1. The van der Waals surface area contributed by atoms with Crippen molar-refractivity contribution in [2.24, 2.45) is 4.99 Å². The second-order valence-corrected chi connectivity index (χ2v) is 5.65. The first kappa shape index (κ1) is 20.0. The van der Waals surface area contributed by atoms with Gasteiger partial charge in [0.05, 0.1) is 19.1 Å². The van der Waals surface area contributed by atoms with Crippen LogP contribution in [0, 0.1) is 6.92 Å². The molecular formula is C17H23F3N2O2. The number of benzene rings is 1. The molecular weight excluding hydrogens is 321 g/mol. The quantitative estimate of drug-likeness (QED) is 0.483. The van der Waals surface area contributed by atoms with Crippen molar-refractivity contribution in [1.29, 1.82) is 0 Å². The summed E-state index contributed by atoms with van der Waals surface area (Å²) < 4.78 is 45.5. The van der Waals surface area contributed by atoms with Gasteiger partial charge < -0.3 is 14.7 Å². The summed E-state index contributed by atoms with van der Waals surface area (Å²) in [5, 5.41) is 10.3. The minimum atomic E-state index is -4.92. The highest BCUT2D eigenvalue weighted by atomic mass is 19.4. The number of alkyl halides is 3. The van der Waals surface area contributed by atoms with Gasteiger partial charge in [0.25, 0.3) is 0 Å². The number of nitrogens with zero attached hydrogens (tertiary/aromatic N) is 2. The van der Waals surface area contributed by atoms with Crippen LogP contribution in [0.1, 0.15) is 25.0 Å². The third-order valence-corrected chi connectivity index (χ3v) is 3.83. The Hall–Kier alpha value is -2.02. The van der Waals surface area contributed by atoms with Crippen LogP contribution in [0.2, 0.25) is 0 Å². The van der Waals surface area contributed by atoms with Crippen molar-refractivity contribution < 1.29 is 23.0 Å². The lowest BCUT2D eigenvalue weighted by atomic mass is 9.85. The van der Waals surface area contributed by atoms with E-state index >= 15 is 0 Å². The average molecular weight is 344 g/mol. The van der Waals surface area contributed by atoms with Gasteiger partial charge in [0.15, 0.2) is 0 Å². The zero-order valence-electron chi connectivity index (χ0n) is 14.5. The van der Waals surface area contributed by atoms with E-state index < -0.39 is 22.9 Å². The Bertz CT molecular complexity index is 641. The second kappa shape index (κ2) is 7.25. The minimum Gasteiger partial charge on any atom is -0.496 e. The van der Waals surface area contributed by atoms with Crippen LogP contribution < -0.4 is 4.74 Å². The lowest BCUT2D eigenvalue weighted by molar-refractivity contribution is -0.250. The van der Waals surface area contributed by atoms with Crippen LogP contribution in [-0.4, -0.2) is 43.2 Å². The van der Waals surface area contributed by atoms with Crippen LogP contribution >= 0.6 is 0 Å². The predicted octanol–water partition coefficient (Wildman–Crippen LogP) is 3.94. The molecule has 0 aliphatic heterocycles. The molecule has 1 unspecified atom stereocenters. The van der Waals surface area contributed by atoms with E-state index in [4.69, 9.17) is 4.74 Å². The van der Waals surface area contributed by atoms with Crippen molar-refractivity contribution in [3.8, 4) is 5.75 Å². The summed E-state index contributed by atoms with van der Waals surface area (Å²) >= 11 is 0. The van der Waals surface area contributed by atoms with E-state index in [1.165, 1.54) is 19.2 Å². The molecule has 1 aromatic rings. The predicted molar refractivity (Wildman–Crippen MR) is 89.0 cm³/mol. The standard InChI is InChI=1S/C17H23F3N2O2/c1-7-22(5)10-21-14-9-15(24-6)13(8-12(14)4)16(23,11(2)3)17(18,19)20/h8-10,23H,2,7H2,1,3-6H3/b21-10+. The number of ether oxygens (including phenoxy) is 1. The van der Waals surface area contributed by atoms with Gasteiger partial charge in [-0.3, -0.25) is 0 Å². The normalized spacial score (nSPS) is 14.5. The molecule has 1 aromatic carbocycles.